The van der Waals surface area contributed by atoms with Gasteiger partial charge in [0.2, 0.25) is 11.7 Å². The first-order valence-electron chi connectivity index (χ1n) is 8.05. The van der Waals surface area contributed by atoms with Gasteiger partial charge in [-0.2, -0.15) is 4.98 Å². The second-order valence-electron chi connectivity index (χ2n) is 5.83. The highest BCUT2D eigenvalue weighted by Gasteiger charge is 2.20. The molecular weight excluding hydrogens is 388 g/mol. The number of ether oxygens (including phenoxy) is 1. The summed E-state index contributed by atoms with van der Waals surface area (Å²) in [5.41, 5.74) is 0.502. The zero-order valence-electron chi connectivity index (χ0n) is 15.0. The Morgan fingerprint density at radius 3 is 2.82 bits per heavy atom. The summed E-state index contributed by atoms with van der Waals surface area (Å²) < 4.78 is 10.4. The monoisotopic (exact) mass is 402 g/mol. The fourth-order valence-corrected chi connectivity index (χ4v) is 2.67. The molecule has 144 valence electrons. The average molecular weight is 403 g/mol. The van der Waals surface area contributed by atoms with E-state index in [4.69, 9.17) is 20.9 Å². The van der Waals surface area contributed by atoms with Gasteiger partial charge >= 0.3 is 0 Å². The number of methoxy groups -OCH3 is 1. The maximum Gasteiger partial charge on any atom is 0.288 e. The van der Waals surface area contributed by atoms with E-state index in [1.807, 2.05) is 0 Å². The van der Waals surface area contributed by atoms with Crippen molar-refractivity contribution in [1.82, 2.24) is 15.0 Å². The highest BCUT2D eigenvalue weighted by atomic mass is 35.5. The number of amides is 1. The highest BCUT2D eigenvalue weighted by Crippen LogP contribution is 2.26. The molecule has 1 aromatic heterocycles. The maximum atomic E-state index is 12.5. The van der Waals surface area contributed by atoms with Crippen molar-refractivity contribution in [2.45, 2.75) is 6.54 Å². The summed E-state index contributed by atoms with van der Waals surface area (Å²) in [5, 5.41) is 14.9. The Balaban J connectivity index is 1.75. The van der Waals surface area contributed by atoms with Crippen molar-refractivity contribution in [2.75, 3.05) is 14.2 Å². The minimum absolute atomic E-state index is 0.0340. The molecule has 0 aliphatic rings. The Morgan fingerprint density at radius 1 is 1.32 bits per heavy atom. The van der Waals surface area contributed by atoms with Gasteiger partial charge in [-0.15, -0.1) is 0 Å². The van der Waals surface area contributed by atoms with E-state index in [-0.39, 0.29) is 28.7 Å². The van der Waals surface area contributed by atoms with E-state index in [0.29, 0.717) is 17.1 Å². The fourth-order valence-electron chi connectivity index (χ4n) is 2.48. The van der Waals surface area contributed by atoms with Gasteiger partial charge in [0.25, 0.3) is 11.6 Å². The van der Waals surface area contributed by atoms with E-state index >= 15 is 0 Å². The SMILES string of the molecule is COc1cccc(-c2noc(CN(C)C(=O)c3ccc(Cl)c([N+](=O)[O-])c3)n2)c1. The summed E-state index contributed by atoms with van der Waals surface area (Å²) in [7, 11) is 3.08. The molecule has 1 heterocycles. The number of nitro groups is 1. The summed E-state index contributed by atoms with van der Waals surface area (Å²) in [5.74, 6) is 0.787. The summed E-state index contributed by atoms with van der Waals surface area (Å²) >= 11 is 5.78. The first-order valence-corrected chi connectivity index (χ1v) is 8.43. The number of hydrogen-bond donors (Lipinski definition) is 0. The summed E-state index contributed by atoms with van der Waals surface area (Å²) in [4.78, 5) is 28.5. The number of carbonyl (C=O) groups is 1. The van der Waals surface area contributed by atoms with Crippen LogP contribution in [0.15, 0.2) is 47.0 Å². The number of rotatable bonds is 6. The van der Waals surface area contributed by atoms with Gasteiger partial charge in [0.05, 0.1) is 18.6 Å². The number of nitrogens with zero attached hydrogens (tertiary/aromatic N) is 4. The molecular formula is C18H15ClN4O5. The van der Waals surface area contributed by atoms with Crippen LogP contribution in [-0.2, 0) is 6.54 Å². The van der Waals surface area contributed by atoms with Crippen LogP contribution in [0, 0.1) is 10.1 Å². The zero-order chi connectivity index (χ0) is 20.3. The van der Waals surface area contributed by atoms with Crippen LogP contribution in [0.25, 0.3) is 11.4 Å². The lowest BCUT2D eigenvalue weighted by Crippen LogP contribution is -2.26. The van der Waals surface area contributed by atoms with Crippen LogP contribution in [-0.4, -0.2) is 40.0 Å². The van der Waals surface area contributed by atoms with E-state index in [9.17, 15) is 14.9 Å². The topological polar surface area (TPSA) is 112 Å². The molecule has 0 radical (unpaired) electrons. The maximum absolute atomic E-state index is 12.5. The molecule has 2 aromatic carbocycles. The third kappa shape index (κ3) is 4.09. The van der Waals surface area contributed by atoms with E-state index in [0.717, 1.165) is 6.07 Å². The van der Waals surface area contributed by atoms with E-state index < -0.39 is 10.8 Å². The smallest absolute Gasteiger partial charge is 0.288 e. The van der Waals surface area contributed by atoms with Gasteiger partial charge in [0.15, 0.2) is 0 Å². The van der Waals surface area contributed by atoms with Gasteiger partial charge in [-0.05, 0) is 24.3 Å². The molecule has 0 aliphatic carbocycles. The van der Waals surface area contributed by atoms with Crippen LogP contribution >= 0.6 is 11.6 Å². The summed E-state index contributed by atoms with van der Waals surface area (Å²) in [6, 6.07) is 11.0. The van der Waals surface area contributed by atoms with Gasteiger partial charge in [0.1, 0.15) is 10.8 Å². The molecule has 0 bridgehead atoms. The Morgan fingerprint density at radius 2 is 2.11 bits per heavy atom. The number of hydrogen-bond acceptors (Lipinski definition) is 7. The van der Waals surface area contributed by atoms with Crippen LogP contribution in [0.5, 0.6) is 5.75 Å². The third-order valence-corrected chi connectivity index (χ3v) is 4.22. The number of benzene rings is 2. The predicted octanol–water partition coefficient (Wildman–Crippen LogP) is 3.58. The third-order valence-electron chi connectivity index (χ3n) is 3.90. The molecule has 0 atom stereocenters. The molecule has 0 saturated carbocycles. The normalized spacial score (nSPS) is 10.5. The van der Waals surface area contributed by atoms with Crippen molar-refractivity contribution in [3.63, 3.8) is 0 Å². The van der Waals surface area contributed by atoms with Crippen molar-refractivity contribution in [2.24, 2.45) is 0 Å². The Hall–Kier alpha value is -3.46. The molecule has 0 saturated heterocycles. The van der Waals surface area contributed by atoms with Crippen LogP contribution in [0.2, 0.25) is 5.02 Å². The molecule has 3 aromatic rings. The van der Waals surface area contributed by atoms with Crippen LogP contribution in [0.1, 0.15) is 16.2 Å². The number of halogens is 1. The zero-order valence-corrected chi connectivity index (χ0v) is 15.7. The van der Waals surface area contributed by atoms with Crippen molar-refractivity contribution < 1.29 is 19.0 Å². The standard InChI is InChI=1S/C18H15ClN4O5/c1-22(18(24)12-6-7-14(19)15(9-12)23(25)26)10-16-20-17(21-28-16)11-4-3-5-13(8-11)27-2/h3-9H,10H2,1-2H3. The second kappa shape index (κ2) is 8.05. The number of nitro benzene ring substituents is 1. The van der Waals surface area contributed by atoms with Gasteiger partial charge in [-0.3, -0.25) is 14.9 Å². The molecule has 28 heavy (non-hydrogen) atoms. The Bertz CT molecular complexity index is 1040. The minimum Gasteiger partial charge on any atom is -0.497 e. The fraction of sp³-hybridized carbons (Fsp3) is 0.167. The molecule has 0 N–H and O–H groups in total. The molecule has 0 fully saturated rings. The Kier molecular flexibility index (Phi) is 5.55. The van der Waals surface area contributed by atoms with Crippen molar-refractivity contribution in [3.8, 4) is 17.1 Å². The second-order valence-corrected chi connectivity index (χ2v) is 6.24. The average Bonchev–Trinajstić information content (AvgIpc) is 3.16. The van der Waals surface area contributed by atoms with Crippen molar-refractivity contribution in [1.29, 1.82) is 0 Å². The lowest BCUT2D eigenvalue weighted by molar-refractivity contribution is -0.384. The quantitative estimate of drug-likeness (QED) is 0.457. The lowest BCUT2D eigenvalue weighted by atomic mass is 10.2. The summed E-state index contributed by atoms with van der Waals surface area (Å²) in [6.45, 7) is 0.0340. The van der Waals surface area contributed by atoms with Crippen molar-refractivity contribution >= 4 is 23.2 Å². The molecule has 3 rings (SSSR count). The first kappa shape index (κ1) is 19.3. The first-order chi connectivity index (χ1) is 13.4. The predicted molar refractivity (Wildman–Crippen MR) is 100 cm³/mol. The van der Waals surface area contributed by atoms with Gasteiger partial charge in [-0.1, -0.05) is 28.9 Å². The largest absolute Gasteiger partial charge is 0.497 e. The van der Waals surface area contributed by atoms with E-state index in [1.54, 1.807) is 31.4 Å². The molecule has 10 heteroatoms. The summed E-state index contributed by atoms with van der Waals surface area (Å²) in [6.07, 6.45) is 0. The van der Waals surface area contributed by atoms with Crippen molar-refractivity contribution in [3.05, 3.63) is 69.1 Å². The van der Waals surface area contributed by atoms with Crippen LogP contribution in [0.3, 0.4) is 0 Å². The van der Waals surface area contributed by atoms with Gasteiger partial charge in [-0.25, -0.2) is 0 Å². The minimum atomic E-state index is -0.641. The molecule has 9 nitrogen and oxygen atoms in total. The molecule has 0 aliphatic heterocycles. The number of carbonyl (C=O) groups excluding carboxylic acids is 1. The van der Waals surface area contributed by atoms with Crippen LogP contribution in [0.4, 0.5) is 5.69 Å². The molecule has 0 unspecified atom stereocenters. The number of aromatic nitrogens is 2. The highest BCUT2D eigenvalue weighted by molar-refractivity contribution is 6.32. The van der Waals surface area contributed by atoms with E-state index in [2.05, 4.69) is 10.1 Å². The van der Waals surface area contributed by atoms with Gasteiger partial charge in [0, 0.05) is 24.2 Å². The van der Waals surface area contributed by atoms with Gasteiger partial charge < -0.3 is 14.2 Å². The van der Waals surface area contributed by atoms with E-state index in [1.165, 1.54) is 24.1 Å². The Labute approximate surface area is 164 Å². The molecule has 1 amide bonds. The lowest BCUT2D eigenvalue weighted by Gasteiger charge is -2.14. The van der Waals surface area contributed by atoms with Crippen LogP contribution < -0.4 is 4.74 Å². The molecule has 0 spiro atoms.